The second kappa shape index (κ2) is 8.07. The van der Waals surface area contributed by atoms with E-state index in [4.69, 9.17) is 0 Å². The average molecular weight is 433 g/mol. The van der Waals surface area contributed by atoms with E-state index in [2.05, 4.69) is 60.4 Å². The first-order chi connectivity index (χ1) is 14.7. The van der Waals surface area contributed by atoms with Gasteiger partial charge in [0.15, 0.2) is 5.13 Å². The zero-order chi connectivity index (χ0) is 22.2. The summed E-state index contributed by atoms with van der Waals surface area (Å²) in [7, 11) is 1.59. The normalized spacial score (nSPS) is 11.6. The second-order valence-electron chi connectivity index (χ2n) is 8.51. The van der Waals surface area contributed by atoms with Gasteiger partial charge in [0.25, 0.3) is 5.56 Å². The Morgan fingerprint density at radius 1 is 1.06 bits per heavy atom. The Bertz CT molecular complexity index is 1310. The highest BCUT2D eigenvalue weighted by molar-refractivity contribution is 7.14. The number of hydrogen-bond donors (Lipinski definition) is 1. The van der Waals surface area contributed by atoms with Crippen molar-refractivity contribution in [2.75, 3.05) is 5.32 Å². The number of carbonyl (C=O) groups excluding carboxylic acids is 1. The molecule has 0 aliphatic carbocycles. The van der Waals surface area contributed by atoms with Crippen LogP contribution < -0.4 is 10.9 Å². The molecule has 4 aromatic rings. The number of fused-ring (bicyclic) bond motifs is 1. The van der Waals surface area contributed by atoms with Crippen LogP contribution in [0, 0.1) is 0 Å². The molecule has 6 nitrogen and oxygen atoms in total. The fourth-order valence-corrected chi connectivity index (χ4v) is 4.16. The molecule has 4 rings (SSSR count). The fourth-order valence-electron chi connectivity index (χ4n) is 3.43. The molecule has 1 amide bonds. The van der Waals surface area contributed by atoms with Gasteiger partial charge >= 0.3 is 0 Å². The lowest BCUT2D eigenvalue weighted by Crippen LogP contribution is -2.24. The number of thiazole rings is 1. The first-order valence-corrected chi connectivity index (χ1v) is 10.9. The molecule has 0 aliphatic rings. The molecular weight excluding hydrogens is 408 g/mol. The molecule has 1 N–H and O–H groups in total. The molecule has 0 bridgehead atoms. The highest BCUT2D eigenvalue weighted by Gasteiger charge is 2.15. The molecule has 0 radical (unpaired) electrons. The summed E-state index contributed by atoms with van der Waals surface area (Å²) in [5, 5.41) is 10.9. The smallest absolute Gasteiger partial charge is 0.274 e. The van der Waals surface area contributed by atoms with Crippen molar-refractivity contribution in [3.63, 3.8) is 0 Å². The van der Waals surface area contributed by atoms with E-state index in [1.807, 2.05) is 17.5 Å². The number of rotatable bonds is 4. The van der Waals surface area contributed by atoms with E-state index < -0.39 is 0 Å². The van der Waals surface area contributed by atoms with Gasteiger partial charge in [-0.1, -0.05) is 63.2 Å². The van der Waals surface area contributed by atoms with Gasteiger partial charge in [-0.2, -0.15) is 5.10 Å². The van der Waals surface area contributed by atoms with E-state index in [-0.39, 0.29) is 23.3 Å². The minimum atomic E-state index is -0.222. The van der Waals surface area contributed by atoms with E-state index in [1.165, 1.54) is 21.6 Å². The van der Waals surface area contributed by atoms with Crippen LogP contribution >= 0.6 is 11.3 Å². The molecule has 31 heavy (non-hydrogen) atoms. The molecule has 0 aliphatic heterocycles. The third-order valence-electron chi connectivity index (χ3n) is 5.16. The molecule has 0 spiro atoms. The van der Waals surface area contributed by atoms with Crippen LogP contribution in [-0.4, -0.2) is 20.7 Å². The molecule has 0 fully saturated rings. The van der Waals surface area contributed by atoms with Crippen LogP contribution in [0.4, 0.5) is 5.13 Å². The molecule has 2 aromatic heterocycles. The highest BCUT2D eigenvalue weighted by Crippen LogP contribution is 2.28. The van der Waals surface area contributed by atoms with Gasteiger partial charge in [-0.3, -0.25) is 9.59 Å². The summed E-state index contributed by atoms with van der Waals surface area (Å²) in [4.78, 5) is 29.5. The SMILES string of the molecule is Cn1nc(CC(=O)Nc2nc(-c3ccc(C(C)(C)C)cc3)cs2)c2ccccc2c1=O. The molecule has 0 atom stereocenters. The Morgan fingerprint density at radius 3 is 2.42 bits per heavy atom. The summed E-state index contributed by atoms with van der Waals surface area (Å²) in [6, 6.07) is 15.5. The van der Waals surface area contributed by atoms with E-state index in [9.17, 15) is 9.59 Å². The third-order valence-corrected chi connectivity index (χ3v) is 5.92. The van der Waals surface area contributed by atoms with Crippen molar-refractivity contribution in [2.24, 2.45) is 7.05 Å². The summed E-state index contributed by atoms with van der Waals surface area (Å²) in [5.41, 5.74) is 3.57. The number of nitrogens with zero attached hydrogens (tertiary/aromatic N) is 3. The van der Waals surface area contributed by atoms with E-state index in [1.54, 1.807) is 19.2 Å². The topological polar surface area (TPSA) is 76.9 Å². The van der Waals surface area contributed by atoms with Gasteiger partial charge in [0, 0.05) is 23.4 Å². The average Bonchev–Trinajstić information content (AvgIpc) is 3.19. The maximum atomic E-state index is 12.7. The van der Waals surface area contributed by atoms with E-state index in [0.29, 0.717) is 21.6 Å². The van der Waals surface area contributed by atoms with Crippen molar-refractivity contribution in [3.05, 3.63) is 75.5 Å². The summed E-state index contributed by atoms with van der Waals surface area (Å²) >= 11 is 1.38. The maximum absolute atomic E-state index is 12.7. The van der Waals surface area contributed by atoms with Gasteiger partial charge in [-0.25, -0.2) is 9.67 Å². The minimum absolute atomic E-state index is 0.0594. The van der Waals surface area contributed by atoms with Crippen molar-refractivity contribution >= 4 is 33.1 Å². The minimum Gasteiger partial charge on any atom is -0.302 e. The number of carbonyl (C=O) groups is 1. The largest absolute Gasteiger partial charge is 0.302 e. The van der Waals surface area contributed by atoms with Crippen molar-refractivity contribution in [3.8, 4) is 11.3 Å². The first kappa shape index (κ1) is 20.9. The number of anilines is 1. The van der Waals surface area contributed by atoms with Crippen LogP contribution in [0.3, 0.4) is 0 Å². The van der Waals surface area contributed by atoms with Gasteiger partial charge < -0.3 is 5.32 Å². The molecule has 0 unspecified atom stereocenters. The fraction of sp³-hybridized carbons (Fsp3) is 0.250. The number of benzene rings is 2. The summed E-state index contributed by atoms with van der Waals surface area (Å²) in [5.74, 6) is -0.222. The molecule has 2 heterocycles. The second-order valence-corrected chi connectivity index (χ2v) is 9.37. The van der Waals surface area contributed by atoms with Crippen LogP contribution in [0.5, 0.6) is 0 Å². The van der Waals surface area contributed by atoms with Crippen molar-refractivity contribution in [2.45, 2.75) is 32.6 Å². The first-order valence-electron chi connectivity index (χ1n) is 10.0. The van der Waals surface area contributed by atoms with Crippen LogP contribution in [0.15, 0.2) is 58.7 Å². The Hall–Kier alpha value is -3.32. The lowest BCUT2D eigenvalue weighted by molar-refractivity contribution is -0.115. The Balaban J connectivity index is 1.51. The number of aryl methyl sites for hydroxylation is 1. The Morgan fingerprint density at radius 2 is 1.74 bits per heavy atom. The van der Waals surface area contributed by atoms with Crippen molar-refractivity contribution in [1.82, 2.24) is 14.8 Å². The Labute approximate surface area is 184 Å². The summed E-state index contributed by atoms with van der Waals surface area (Å²) < 4.78 is 1.27. The van der Waals surface area contributed by atoms with E-state index >= 15 is 0 Å². The molecule has 0 saturated heterocycles. The molecule has 0 saturated carbocycles. The molecule has 7 heteroatoms. The quantitative estimate of drug-likeness (QED) is 0.514. The van der Waals surface area contributed by atoms with Crippen LogP contribution in [-0.2, 0) is 23.7 Å². The predicted octanol–water partition coefficient (Wildman–Crippen LogP) is 4.54. The maximum Gasteiger partial charge on any atom is 0.274 e. The predicted molar refractivity (Wildman–Crippen MR) is 126 cm³/mol. The zero-order valence-electron chi connectivity index (χ0n) is 18.0. The van der Waals surface area contributed by atoms with Crippen molar-refractivity contribution in [1.29, 1.82) is 0 Å². The van der Waals surface area contributed by atoms with Crippen LogP contribution in [0.25, 0.3) is 22.0 Å². The van der Waals surface area contributed by atoms with Crippen LogP contribution in [0.1, 0.15) is 32.0 Å². The highest BCUT2D eigenvalue weighted by atomic mass is 32.1. The summed E-state index contributed by atoms with van der Waals surface area (Å²) in [6.45, 7) is 6.55. The Kier molecular flexibility index (Phi) is 5.45. The molecule has 2 aromatic carbocycles. The number of amides is 1. The standard InChI is InChI=1S/C24H24N4O2S/c1-24(2,3)16-11-9-15(10-12-16)20-14-31-23(25-20)26-21(29)13-19-17-7-5-6-8-18(17)22(30)28(4)27-19/h5-12,14H,13H2,1-4H3,(H,25,26,29). The number of hydrogen-bond acceptors (Lipinski definition) is 5. The van der Waals surface area contributed by atoms with Crippen LogP contribution in [0.2, 0.25) is 0 Å². The van der Waals surface area contributed by atoms with Gasteiger partial charge in [-0.05, 0) is 17.0 Å². The lowest BCUT2D eigenvalue weighted by Gasteiger charge is -2.18. The van der Waals surface area contributed by atoms with Crippen molar-refractivity contribution < 1.29 is 4.79 Å². The third kappa shape index (κ3) is 4.41. The molecule has 158 valence electrons. The molecular formula is C24H24N4O2S. The summed E-state index contributed by atoms with van der Waals surface area (Å²) in [6.07, 6.45) is 0.0594. The monoisotopic (exact) mass is 432 g/mol. The van der Waals surface area contributed by atoms with Gasteiger partial charge in [0.05, 0.1) is 23.2 Å². The van der Waals surface area contributed by atoms with Gasteiger partial charge in [-0.15, -0.1) is 11.3 Å². The van der Waals surface area contributed by atoms with Gasteiger partial charge in [0.2, 0.25) is 5.91 Å². The number of aromatic nitrogens is 3. The van der Waals surface area contributed by atoms with Gasteiger partial charge in [0.1, 0.15) is 0 Å². The van der Waals surface area contributed by atoms with E-state index in [0.717, 1.165) is 11.3 Å². The zero-order valence-corrected chi connectivity index (χ0v) is 18.8. The lowest BCUT2D eigenvalue weighted by atomic mass is 9.86. The number of nitrogens with one attached hydrogen (secondary N) is 1.